The van der Waals surface area contributed by atoms with Crippen molar-refractivity contribution in [3.8, 4) is 0 Å². The van der Waals surface area contributed by atoms with Crippen LogP contribution < -0.4 is 5.32 Å². The zero-order chi connectivity index (χ0) is 11.7. The molecule has 0 aliphatic carbocycles. The molecule has 4 nitrogen and oxygen atoms in total. The minimum atomic E-state index is 0.696. The van der Waals surface area contributed by atoms with Crippen LogP contribution in [0.4, 0.5) is 5.69 Å². The molecule has 4 heteroatoms. The summed E-state index contributed by atoms with van der Waals surface area (Å²) >= 11 is 0. The number of rotatable bonds is 3. The second-order valence-electron chi connectivity index (χ2n) is 3.96. The van der Waals surface area contributed by atoms with Gasteiger partial charge in [0.25, 0.3) is 0 Å². The van der Waals surface area contributed by atoms with Gasteiger partial charge in [-0.05, 0) is 30.3 Å². The number of aromatic nitrogens is 2. The Morgan fingerprint density at radius 1 is 1.35 bits per heavy atom. The van der Waals surface area contributed by atoms with E-state index in [4.69, 9.17) is 4.42 Å². The van der Waals surface area contributed by atoms with Crippen molar-refractivity contribution in [2.75, 3.05) is 5.32 Å². The number of nitrogens with one attached hydrogen (secondary N) is 2. The molecule has 3 aromatic rings. The average molecular weight is 227 g/mol. The Bertz CT molecular complexity index is 625. The quantitative estimate of drug-likeness (QED) is 0.723. The molecule has 0 fully saturated rings. The Morgan fingerprint density at radius 2 is 2.29 bits per heavy atom. The van der Waals surface area contributed by atoms with Crippen LogP contribution in [0.25, 0.3) is 11.1 Å². The number of oxazole rings is 1. The van der Waals surface area contributed by atoms with Gasteiger partial charge in [-0.1, -0.05) is 0 Å². The molecule has 0 atom stereocenters. The molecule has 0 amide bonds. The SMILES string of the molecule is Cc1nc2cc(NCc3ccc[nH]3)ccc2o1. The summed E-state index contributed by atoms with van der Waals surface area (Å²) in [4.78, 5) is 7.46. The van der Waals surface area contributed by atoms with Crippen molar-refractivity contribution in [2.45, 2.75) is 13.5 Å². The number of H-pyrrole nitrogens is 1. The number of anilines is 1. The molecule has 3 rings (SSSR count). The summed E-state index contributed by atoms with van der Waals surface area (Å²) in [5.74, 6) is 0.696. The largest absolute Gasteiger partial charge is 0.441 e. The lowest BCUT2D eigenvalue weighted by atomic mass is 10.3. The van der Waals surface area contributed by atoms with Crippen molar-refractivity contribution in [1.29, 1.82) is 0 Å². The first-order valence-electron chi connectivity index (χ1n) is 5.54. The summed E-state index contributed by atoms with van der Waals surface area (Å²) in [6, 6.07) is 9.96. The molecule has 0 radical (unpaired) electrons. The first-order valence-corrected chi connectivity index (χ1v) is 5.54. The fraction of sp³-hybridized carbons (Fsp3) is 0.154. The third kappa shape index (κ3) is 2.01. The van der Waals surface area contributed by atoms with Gasteiger partial charge in [-0.2, -0.15) is 0 Å². The molecule has 0 bridgehead atoms. The van der Waals surface area contributed by atoms with Crippen LogP contribution >= 0.6 is 0 Å². The van der Waals surface area contributed by atoms with Crippen molar-refractivity contribution in [3.05, 3.63) is 48.1 Å². The monoisotopic (exact) mass is 227 g/mol. The standard InChI is InChI=1S/C13H13N3O/c1-9-16-12-7-10(4-5-13(12)17-9)15-8-11-3-2-6-14-11/h2-7,14-15H,8H2,1H3. The van der Waals surface area contributed by atoms with Gasteiger partial charge in [0.1, 0.15) is 5.52 Å². The van der Waals surface area contributed by atoms with Gasteiger partial charge in [-0.25, -0.2) is 4.98 Å². The predicted molar refractivity (Wildman–Crippen MR) is 66.9 cm³/mol. The number of fused-ring (bicyclic) bond motifs is 1. The van der Waals surface area contributed by atoms with E-state index in [1.54, 1.807) is 0 Å². The Morgan fingerprint density at radius 3 is 3.12 bits per heavy atom. The predicted octanol–water partition coefficient (Wildman–Crippen LogP) is 3.08. The van der Waals surface area contributed by atoms with Crippen LogP contribution in [0, 0.1) is 6.92 Å². The molecule has 0 aliphatic rings. The summed E-state index contributed by atoms with van der Waals surface area (Å²) < 4.78 is 5.43. The van der Waals surface area contributed by atoms with Gasteiger partial charge >= 0.3 is 0 Å². The Kier molecular flexibility index (Phi) is 2.33. The van der Waals surface area contributed by atoms with Crippen molar-refractivity contribution < 1.29 is 4.42 Å². The molecule has 2 N–H and O–H groups in total. The van der Waals surface area contributed by atoms with Gasteiger partial charge in [0.05, 0.1) is 6.54 Å². The lowest BCUT2D eigenvalue weighted by Crippen LogP contribution is -1.99. The second kappa shape index (κ2) is 3.97. The Hall–Kier alpha value is -2.23. The highest BCUT2D eigenvalue weighted by atomic mass is 16.3. The maximum atomic E-state index is 5.43. The van der Waals surface area contributed by atoms with Crippen LogP contribution in [0.2, 0.25) is 0 Å². The minimum absolute atomic E-state index is 0.696. The third-order valence-electron chi connectivity index (χ3n) is 2.64. The summed E-state index contributed by atoms with van der Waals surface area (Å²) in [5, 5.41) is 3.34. The molecule has 17 heavy (non-hydrogen) atoms. The number of hydrogen-bond acceptors (Lipinski definition) is 3. The van der Waals surface area contributed by atoms with Crippen LogP contribution in [0.5, 0.6) is 0 Å². The van der Waals surface area contributed by atoms with Gasteiger partial charge in [0.2, 0.25) is 0 Å². The smallest absolute Gasteiger partial charge is 0.192 e. The van der Waals surface area contributed by atoms with E-state index < -0.39 is 0 Å². The molecule has 1 aromatic carbocycles. The molecule has 0 saturated heterocycles. The Balaban J connectivity index is 1.81. The zero-order valence-corrected chi connectivity index (χ0v) is 9.53. The molecule has 0 saturated carbocycles. The molecular formula is C13H13N3O. The van der Waals surface area contributed by atoms with Gasteiger partial charge in [-0.15, -0.1) is 0 Å². The topological polar surface area (TPSA) is 53.9 Å². The van der Waals surface area contributed by atoms with E-state index in [9.17, 15) is 0 Å². The van der Waals surface area contributed by atoms with Crippen molar-refractivity contribution >= 4 is 16.8 Å². The fourth-order valence-electron chi connectivity index (χ4n) is 1.83. The molecule has 2 heterocycles. The number of aryl methyl sites for hydroxylation is 1. The van der Waals surface area contributed by atoms with Gasteiger partial charge < -0.3 is 14.7 Å². The van der Waals surface area contributed by atoms with Gasteiger partial charge in [-0.3, -0.25) is 0 Å². The van der Waals surface area contributed by atoms with E-state index in [2.05, 4.69) is 15.3 Å². The highest BCUT2D eigenvalue weighted by Gasteiger charge is 2.02. The van der Waals surface area contributed by atoms with Crippen molar-refractivity contribution in [1.82, 2.24) is 9.97 Å². The Labute approximate surface area is 98.7 Å². The maximum absolute atomic E-state index is 5.43. The van der Waals surface area contributed by atoms with Gasteiger partial charge in [0.15, 0.2) is 11.5 Å². The second-order valence-corrected chi connectivity index (χ2v) is 3.96. The maximum Gasteiger partial charge on any atom is 0.192 e. The van der Waals surface area contributed by atoms with Crippen molar-refractivity contribution in [3.63, 3.8) is 0 Å². The van der Waals surface area contributed by atoms with Crippen LogP contribution in [-0.2, 0) is 6.54 Å². The molecule has 0 unspecified atom stereocenters. The summed E-state index contributed by atoms with van der Waals surface area (Å²) in [6.07, 6.45) is 1.92. The number of nitrogens with zero attached hydrogens (tertiary/aromatic N) is 1. The number of aromatic amines is 1. The lowest BCUT2D eigenvalue weighted by molar-refractivity contribution is 0.561. The normalized spacial score (nSPS) is 10.9. The average Bonchev–Trinajstić information content (AvgIpc) is 2.92. The summed E-state index contributed by atoms with van der Waals surface area (Å²) in [6.45, 7) is 2.63. The fourth-order valence-corrected chi connectivity index (χ4v) is 1.83. The molecular weight excluding hydrogens is 214 g/mol. The minimum Gasteiger partial charge on any atom is -0.441 e. The zero-order valence-electron chi connectivity index (χ0n) is 9.53. The van der Waals surface area contributed by atoms with Crippen molar-refractivity contribution in [2.24, 2.45) is 0 Å². The van der Waals surface area contributed by atoms with E-state index in [1.165, 1.54) is 0 Å². The van der Waals surface area contributed by atoms with E-state index >= 15 is 0 Å². The van der Waals surface area contributed by atoms with E-state index in [-0.39, 0.29) is 0 Å². The number of hydrogen-bond donors (Lipinski definition) is 2. The molecule has 2 aromatic heterocycles. The summed E-state index contributed by atoms with van der Waals surface area (Å²) in [7, 11) is 0. The molecule has 0 spiro atoms. The van der Waals surface area contributed by atoms with Crippen LogP contribution in [0.15, 0.2) is 40.9 Å². The first-order chi connectivity index (χ1) is 8.31. The molecule has 0 aliphatic heterocycles. The van der Waals surface area contributed by atoms with Gasteiger partial charge in [0, 0.05) is 24.5 Å². The summed E-state index contributed by atoms with van der Waals surface area (Å²) in [5.41, 5.74) is 3.91. The van der Waals surface area contributed by atoms with Crippen LogP contribution in [0.1, 0.15) is 11.6 Å². The van der Waals surface area contributed by atoms with Crippen LogP contribution in [0.3, 0.4) is 0 Å². The third-order valence-corrected chi connectivity index (χ3v) is 2.64. The highest BCUT2D eigenvalue weighted by molar-refractivity contribution is 5.77. The first kappa shape index (κ1) is 9.96. The van der Waals surface area contributed by atoms with Crippen LogP contribution in [-0.4, -0.2) is 9.97 Å². The van der Waals surface area contributed by atoms with E-state index in [1.807, 2.05) is 43.5 Å². The molecule has 86 valence electrons. The van der Waals surface area contributed by atoms with E-state index in [0.29, 0.717) is 5.89 Å². The van der Waals surface area contributed by atoms with E-state index in [0.717, 1.165) is 29.0 Å². The number of benzene rings is 1. The lowest BCUT2D eigenvalue weighted by Gasteiger charge is -2.04. The highest BCUT2D eigenvalue weighted by Crippen LogP contribution is 2.19.